The van der Waals surface area contributed by atoms with Crippen LogP contribution in [-0.2, 0) is 17.6 Å². The summed E-state index contributed by atoms with van der Waals surface area (Å²) in [6.45, 7) is 3.54. The fraction of sp³-hybridized carbons (Fsp3) is 0.357. The summed E-state index contributed by atoms with van der Waals surface area (Å²) in [6, 6.07) is 1.38. The van der Waals surface area contributed by atoms with Crippen molar-refractivity contribution in [2.75, 3.05) is 6.54 Å². The van der Waals surface area contributed by atoms with Crippen LogP contribution in [-0.4, -0.2) is 32.4 Å². The van der Waals surface area contributed by atoms with E-state index in [1.807, 2.05) is 0 Å². The molecule has 0 aliphatic carbocycles. The predicted octanol–water partition coefficient (Wildman–Crippen LogP) is -1.34. The Morgan fingerprint density at radius 3 is 2.57 bits per heavy atom. The van der Waals surface area contributed by atoms with Gasteiger partial charge in [0.25, 0.3) is 11.1 Å². The number of carbonyl (C=O) groups excluding carboxylic acids is 1. The number of hydrogen-bond donors (Lipinski definition) is 4. The van der Waals surface area contributed by atoms with Crippen LogP contribution < -0.4 is 22.1 Å². The quantitative estimate of drug-likeness (QED) is 0.540. The Morgan fingerprint density at radius 1 is 1.17 bits per heavy atom. The van der Waals surface area contributed by atoms with E-state index in [2.05, 4.69) is 25.3 Å². The first-order chi connectivity index (χ1) is 10.8. The number of aromatic nitrogens is 4. The summed E-state index contributed by atoms with van der Waals surface area (Å²) < 4.78 is 0. The highest BCUT2D eigenvalue weighted by Gasteiger charge is 2.11. The Balaban J connectivity index is 1.94. The smallest absolute Gasteiger partial charge is 0.325 e. The molecule has 0 saturated carbocycles. The van der Waals surface area contributed by atoms with Gasteiger partial charge in [-0.1, -0.05) is 0 Å². The number of hydrogen-bond acceptors (Lipinski definition) is 5. The first kappa shape index (κ1) is 16.4. The summed E-state index contributed by atoms with van der Waals surface area (Å²) in [5.74, 6) is 0.119. The molecule has 23 heavy (non-hydrogen) atoms. The highest BCUT2D eigenvalue weighted by atomic mass is 16.2. The monoisotopic (exact) mass is 319 g/mol. The summed E-state index contributed by atoms with van der Waals surface area (Å²) in [4.78, 5) is 57.2. The maximum absolute atomic E-state index is 11.9. The molecule has 2 aromatic rings. The zero-order valence-electron chi connectivity index (χ0n) is 12.8. The molecule has 0 radical (unpaired) electrons. The number of H-pyrrole nitrogens is 3. The molecule has 0 unspecified atom stereocenters. The minimum Gasteiger partial charge on any atom is -0.355 e. The van der Waals surface area contributed by atoms with Crippen LogP contribution in [0.3, 0.4) is 0 Å². The molecule has 0 bridgehead atoms. The SMILES string of the molecule is Cc1cc(=O)[nH]c(CCNC(=O)Cc2c(C)[nH]c(=O)[nH]c2=O)n1. The van der Waals surface area contributed by atoms with E-state index in [0.717, 1.165) is 0 Å². The van der Waals surface area contributed by atoms with Gasteiger partial charge in [-0.15, -0.1) is 0 Å². The Morgan fingerprint density at radius 2 is 1.91 bits per heavy atom. The fourth-order valence-corrected chi connectivity index (χ4v) is 2.14. The number of aromatic amines is 3. The molecule has 0 atom stereocenters. The van der Waals surface area contributed by atoms with Crippen molar-refractivity contribution in [3.8, 4) is 0 Å². The third-order valence-electron chi connectivity index (χ3n) is 3.19. The zero-order chi connectivity index (χ0) is 17.0. The minimum absolute atomic E-state index is 0.143. The maximum atomic E-state index is 11.9. The number of carbonyl (C=O) groups is 1. The van der Waals surface area contributed by atoms with Crippen molar-refractivity contribution in [2.45, 2.75) is 26.7 Å². The summed E-state index contributed by atoms with van der Waals surface area (Å²) in [6.07, 6.45) is 0.222. The van der Waals surface area contributed by atoms with E-state index in [-0.39, 0.29) is 30.0 Å². The summed E-state index contributed by atoms with van der Waals surface area (Å²) in [7, 11) is 0. The summed E-state index contributed by atoms with van der Waals surface area (Å²) in [5, 5.41) is 2.64. The van der Waals surface area contributed by atoms with Gasteiger partial charge in [-0.25, -0.2) is 9.78 Å². The Hall–Kier alpha value is -2.97. The van der Waals surface area contributed by atoms with Gasteiger partial charge in [0.05, 0.1) is 6.42 Å². The molecule has 0 aromatic carbocycles. The third-order valence-corrected chi connectivity index (χ3v) is 3.19. The lowest BCUT2D eigenvalue weighted by molar-refractivity contribution is -0.120. The molecule has 0 spiro atoms. The van der Waals surface area contributed by atoms with Gasteiger partial charge in [0.1, 0.15) is 5.82 Å². The van der Waals surface area contributed by atoms with Crippen molar-refractivity contribution in [1.29, 1.82) is 0 Å². The van der Waals surface area contributed by atoms with Crippen LogP contribution in [0.15, 0.2) is 20.4 Å². The molecule has 9 nitrogen and oxygen atoms in total. The topological polar surface area (TPSA) is 141 Å². The fourth-order valence-electron chi connectivity index (χ4n) is 2.14. The van der Waals surface area contributed by atoms with E-state index in [0.29, 0.717) is 23.6 Å². The van der Waals surface area contributed by atoms with Gasteiger partial charge in [-0.2, -0.15) is 0 Å². The van der Waals surface area contributed by atoms with Gasteiger partial charge in [-0.3, -0.25) is 19.4 Å². The van der Waals surface area contributed by atoms with E-state index in [1.54, 1.807) is 13.8 Å². The van der Waals surface area contributed by atoms with Crippen molar-refractivity contribution < 1.29 is 4.79 Å². The van der Waals surface area contributed by atoms with Crippen LogP contribution in [0.2, 0.25) is 0 Å². The minimum atomic E-state index is -0.605. The number of nitrogens with one attached hydrogen (secondary N) is 4. The molecule has 2 heterocycles. The van der Waals surface area contributed by atoms with Crippen molar-refractivity contribution in [1.82, 2.24) is 25.3 Å². The highest BCUT2D eigenvalue weighted by Crippen LogP contribution is 1.96. The van der Waals surface area contributed by atoms with E-state index >= 15 is 0 Å². The molecule has 122 valence electrons. The predicted molar refractivity (Wildman–Crippen MR) is 82.4 cm³/mol. The maximum Gasteiger partial charge on any atom is 0.325 e. The average Bonchev–Trinajstić information content (AvgIpc) is 2.41. The van der Waals surface area contributed by atoms with Crippen LogP contribution in [0.25, 0.3) is 0 Å². The lowest BCUT2D eigenvalue weighted by Crippen LogP contribution is -2.33. The van der Waals surface area contributed by atoms with Crippen molar-refractivity contribution in [3.63, 3.8) is 0 Å². The number of amides is 1. The van der Waals surface area contributed by atoms with E-state index in [1.165, 1.54) is 6.07 Å². The van der Waals surface area contributed by atoms with E-state index in [9.17, 15) is 19.2 Å². The summed E-state index contributed by atoms with van der Waals surface area (Å²) in [5.41, 5.74) is -0.250. The van der Waals surface area contributed by atoms with Gasteiger partial charge in [0, 0.05) is 36.0 Å². The largest absolute Gasteiger partial charge is 0.355 e. The second-order valence-electron chi connectivity index (χ2n) is 5.12. The number of rotatable bonds is 5. The molecular formula is C14H17N5O4. The van der Waals surface area contributed by atoms with Gasteiger partial charge in [0.2, 0.25) is 5.91 Å². The molecule has 1 amide bonds. The molecule has 9 heteroatoms. The summed E-state index contributed by atoms with van der Waals surface area (Å²) >= 11 is 0. The molecule has 0 aliphatic heterocycles. The standard InChI is InChI=1S/C14H17N5O4/c1-7-5-12(21)18-10(16-7)3-4-15-11(20)6-9-8(2)17-14(23)19-13(9)22/h5H,3-4,6H2,1-2H3,(H,15,20)(H,16,18,21)(H2,17,19,22,23). The zero-order valence-corrected chi connectivity index (χ0v) is 12.8. The lowest BCUT2D eigenvalue weighted by atomic mass is 10.1. The Kier molecular flexibility index (Phi) is 4.89. The van der Waals surface area contributed by atoms with Crippen LogP contribution in [0.1, 0.15) is 22.8 Å². The van der Waals surface area contributed by atoms with Crippen molar-refractivity contribution in [2.24, 2.45) is 0 Å². The van der Waals surface area contributed by atoms with Crippen LogP contribution >= 0.6 is 0 Å². The first-order valence-electron chi connectivity index (χ1n) is 7.01. The molecular weight excluding hydrogens is 302 g/mol. The van der Waals surface area contributed by atoms with E-state index < -0.39 is 11.2 Å². The molecule has 0 saturated heterocycles. The Bertz CT molecular complexity index is 893. The van der Waals surface area contributed by atoms with Crippen molar-refractivity contribution >= 4 is 5.91 Å². The second kappa shape index (κ2) is 6.86. The molecule has 0 aliphatic rings. The number of aryl methyl sites for hydroxylation is 2. The van der Waals surface area contributed by atoms with Gasteiger partial charge < -0.3 is 15.3 Å². The van der Waals surface area contributed by atoms with Crippen LogP contribution in [0.4, 0.5) is 0 Å². The van der Waals surface area contributed by atoms with Crippen molar-refractivity contribution in [3.05, 3.63) is 60.0 Å². The highest BCUT2D eigenvalue weighted by molar-refractivity contribution is 5.78. The van der Waals surface area contributed by atoms with Gasteiger partial charge >= 0.3 is 5.69 Å². The second-order valence-corrected chi connectivity index (χ2v) is 5.12. The van der Waals surface area contributed by atoms with Gasteiger partial charge in [0.15, 0.2) is 0 Å². The van der Waals surface area contributed by atoms with Crippen LogP contribution in [0, 0.1) is 13.8 Å². The first-order valence-corrected chi connectivity index (χ1v) is 7.01. The average molecular weight is 319 g/mol. The molecule has 4 N–H and O–H groups in total. The van der Waals surface area contributed by atoms with Crippen LogP contribution in [0.5, 0.6) is 0 Å². The number of nitrogens with zero attached hydrogens (tertiary/aromatic N) is 1. The van der Waals surface area contributed by atoms with E-state index in [4.69, 9.17) is 0 Å². The molecule has 2 rings (SSSR count). The lowest BCUT2D eigenvalue weighted by Gasteiger charge is -2.06. The Labute approximate surface area is 130 Å². The third kappa shape index (κ3) is 4.50. The molecule has 2 aromatic heterocycles. The normalized spacial score (nSPS) is 10.5. The van der Waals surface area contributed by atoms with Gasteiger partial charge in [-0.05, 0) is 13.8 Å². The molecule has 0 fully saturated rings.